The summed E-state index contributed by atoms with van der Waals surface area (Å²) < 4.78 is 67.0. The molecule has 0 heterocycles. The Labute approximate surface area is 208 Å². The zero-order valence-electron chi connectivity index (χ0n) is 18.2. The van der Waals surface area contributed by atoms with Crippen molar-refractivity contribution in [3.8, 4) is 0 Å². The molecule has 14 heteroatoms. The van der Waals surface area contributed by atoms with E-state index in [4.69, 9.17) is 11.6 Å². The van der Waals surface area contributed by atoms with Gasteiger partial charge in [-0.2, -0.15) is 13.2 Å². The third-order valence-electron chi connectivity index (χ3n) is 4.80. The van der Waals surface area contributed by atoms with Crippen molar-refractivity contribution in [1.29, 1.82) is 0 Å². The van der Waals surface area contributed by atoms with Crippen LogP contribution in [0, 0.1) is 10.1 Å². The molecule has 0 spiro atoms. The summed E-state index contributed by atoms with van der Waals surface area (Å²) in [5.74, 6) is 0. The van der Waals surface area contributed by atoms with Gasteiger partial charge >= 0.3 is 12.2 Å². The van der Waals surface area contributed by atoms with Crippen LogP contribution in [-0.2, 0) is 16.2 Å². The fourth-order valence-corrected chi connectivity index (χ4v) is 4.66. The normalized spacial score (nSPS) is 11.6. The predicted molar refractivity (Wildman–Crippen MR) is 128 cm³/mol. The van der Waals surface area contributed by atoms with Crippen molar-refractivity contribution in [2.45, 2.75) is 11.1 Å². The second-order valence-corrected chi connectivity index (χ2v) is 9.56. The number of rotatable bonds is 8. The highest BCUT2D eigenvalue weighted by atomic mass is 35.5. The smallest absolute Gasteiger partial charge is 0.336 e. The maximum absolute atomic E-state index is 13.3. The largest absolute Gasteiger partial charge is 0.416 e. The number of non-ortho nitro benzene ring substituents is 1. The van der Waals surface area contributed by atoms with E-state index in [-0.39, 0.29) is 33.5 Å². The van der Waals surface area contributed by atoms with Crippen LogP contribution in [0.25, 0.3) is 0 Å². The van der Waals surface area contributed by atoms with Crippen LogP contribution in [0.15, 0.2) is 77.7 Å². The van der Waals surface area contributed by atoms with Crippen LogP contribution in [0.2, 0.25) is 5.02 Å². The van der Waals surface area contributed by atoms with Gasteiger partial charge in [0.2, 0.25) is 0 Å². The van der Waals surface area contributed by atoms with E-state index in [9.17, 15) is 36.5 Å². The van der Waals surface area contributed by atoms with E-state index >= 15 is 0 Å². The minimum Gasteiger partial charge on any atom is -0.336 e. The van der Waals surface area contributed by atoms with Gasteiger partial charge in [-0.3, -0.25) is 14.4 Å². The number of alkyl halides is 3. The number of nitrogens with zero attached hydrogens (tertiary/aromatic N) is 2. The first-order chi connectivity index (χ1) is 16.9. The van der Waals surface area contributed by atoms with E-state index < -0.39 is 39.3 Å². The Morgan fingerprint density at radius 2 is 1.67 bits per heavy atom. The maximum Gasteiger partial charge on any atom is 0.416 e. The molecule has 0 radical (unpaired) electrons. The van der Waals surface area contributed by atoms with Gasteiger partial charge in [-0.15, -0.1) is 0 Å². The van der Waals surface area contributed by atoms with Crippen LogP contribution in [0.1, 0.15) is 5.56 Å². The molecule has 0 fully saturated rings. The number of carbonyl (C=O) groups is 1. The Morgan fingerprint density at radius 1 is 1.03 bits per heavy atom. The van der Waals surface area contributed by atoms with Crippen LogP contribution >= 0.6 is 11.6 Å². The summed E-state index contributed by atoms with van der Waals surface area (Å²) in [6.07, 6.45) is -4.70. The molecular formula is C22H18ClF3N4O5S. The molecule has 3 aromatic carbocycles. The Morgan fingerprint density at radius 3 is 2.25 bits per heavy atom. The van der Waals surface area contributed by atoms with Crippen molar-refractivity contribution in [2.75, 3.05) is 22.7 Å². The molecule has 0 unspecified atom stereocenters. The molecule has 0 aliphatic heterocycles. The van der Waals surface area contributed by atoms with E-state index in [1.54, 1.807) is 0 Å². The van der Waals surface area contributed by atoms with Gasteiger partial charge in [0.05, 0.1) is 27.6 Å². The average molecular weight is 543 g/mol. The van der Waals surface area contributed by atoms with Gasteiger partial charge in [-0.05, 0) is 54.6 Å². The number of hydrogen-bond acceptors (Lipinski definition) is 5. The molecule has 0 saturated heterocycles. The van der Waals surface area contributed by atoms with Crippen molar-refractivity contribution in [1.82, 2.24) is 5.32 Å². The standard InChI is InChI=1S/C22H18ClF3N4O5S/c23-16-4-10-20(11-5-16)36(34,35)29(19-3-1-2-15(14-19)22(24,25)26)13-12-27-21(31)28-17-6-8-18(9-7-17)30(32)33/h1-11,14H,12-13H2,(H2,27,28,31). The first-order valence-electron chi connectivity index (χ1n) is 10.1. The molecule has 0 aliphatic carbocycles. The lowest BCUT2D eigenvalue weighted by Crippen LogP contribution is -2.40. The van der Waals surface area contributed by atoms with E-state index in [1.165, 1.54) is 54.6 Å². The Bertz CT molecular complexity index is 1350. The first kappa shape index (κ1) is 26.8. The van der Waals surface area contributed by atoms with E-state index in [2.05, 4.69) is 10.6 Å². The molecule has 0 bridgehead atoms. The number of nitro groups is 1. The number of urea groups is 1. The third kappa shape index (κ3) is 6.64. The van der Waals surface area contributed by atoms with Gasteiger partial charge in [0.25, 0.3) is 15.7 Å². The topological polar surface area (TPSA) is 122 Å². The molecule has 0 saturated carbocycles. The predicted octanol–water partition coefficient (Wildman–Crippen LogP) is 5.28. The molecule has 0 aromatic heterocycles. The Hall–Kier alpha value is -3.84. The van der Waals surface area contributed by atoms with E-state index in [1.807, 2.05) is 0 Å². The molecule has 190 valence electrons. The number of hydrogen-bond donors (Lipinski definition) is 2. The summed E-state index contributed by atoms with van der Waals surface area (Å²) >= 11 is 5.82. The van der Waals surface area contributed by atoms with E-state index in [0.29, 0.717) is 6.07 Å². The number of sulfonamides is 1. The lowest BCUT2D eigenvalue weighted by Gasteiger charge is -2.25. The number of nitro benzene ring substituents is 1. The van der Waals surface area contributed by atoms with Gasteiger partial charge in [0.15, 0.2) is 0 Å². The maximum atomic E-state index is 13.3. The third-order valence-corrected chi connectivity index (χ3v) is 6.89. The van der Waals surface area contributed by atoms with Crippen molar-refractivity contribution >= 4 is 44.7 Å². The monoisotopic (exact) mass is 542 g/mol. The fraction of sp³-hybridized carbons (Fsp3) is 0.136. The van der Waals surface area contributed by atoms with Crippen molar-refractivity contribution in [3.63, 3.8) is 0 Å². The molecule has 0 aliphatic rings. The van der Waals surface area contributed by atoms with Gasteiger partial charge in [0, 0.05) is 29.4 Å². The minimum absolute atomic E-state index is 0.176. The first-order valence-corrected chi connectivity index (χ1v) is 11.9. The highest BCUT2D eigenvalue weighted by Crippen LogP contribution is 2.33. The number of carbonyl (C=O) groups excluding carboxylic acids is 1. The van der Waals surface area contributed by atoms with Gasteiger partial charge in [-0.1, -0.05) is 17.7 Å². The highest BCUT2D eigenvalue weighted by molar-refractivity contribution is 7.92. The summed E-state index contributed by atoms with van der Waals surface area (Å²) in [5, 5.41) is 15.8. The van der Waals surface area contributed by atoms with Crippen molar-refractivity contribution < 1.29 is 31.3 Å². The second kappa shape index (κ2) is 10.8. The molecule has 36 heavy (non-hydrogen) atoms. The lowest BCUT2D eigenvalue weighted by molar-refractivity contribution is -0.384. The zero-order valence-corrected chi connectivity index (χ0v) is 19.8. The Balaban J connectivity index is 1.80. The Kier molecular flexibility index (Phi) is 8.05. The lowest BCUT2D eigenvalue weighted by atomic mass is 10.2. The van der Waals surface area contributed by atoms with Crippen molar-refractivity contribution in [2.24, 2.45) is 0 Å². The van der Waals surface area contributed by atoms with Crippen LogP contribution in [-0.4, -0.2) is 32.5 Å². The van der Waals surface area contributed by atoms with Crippen LogP contribution in [0.5, 0.6) is 0 Å². The van der Waals surface area contributed by atoms with Gasteiger partial charge in [-0.25, -0.2) is 13.2 Å². The molecule has 9 nitrogen and oxygen atoms in total. The van der Waals surface area contributed by atoms with Crippen LogP contribution in [0.3, 0.4) is 0 Å². The summed E-state index contributed by atoms with van der Waals surface area (Å²) in [5.41, 5.74) is -1.23. The van der Waals surface area contributed by atoms with E-state index in [0.717, 1.165) is 16.4 Å². The van der Waals surface area contributed by atoms with Crippen LogP contribution in [0.4, 0.5) is 35.0 Å². The van der Waals surface area contributed by atoms with Gasteiger partial charge in [0.1, 0.15) is 0 Å². The number of nitrogens with one attached hydrogen (secondary N) is 2. The number of anilines is 2. The molecule has 2 amide bonds. The molecular weight excluding hydrogens is 525 g/mol. The quantitative estimate of drug-likeness (QED) is 0.296. The highest BCUT2D eigenvalue weighted by Gasteiger charge is 2.32. The fourth-order valence-electron chi connectivity index (χ4n) is 3.07. The second-order valence-electron chi connectivity index (χ2n) is 7.26. The molecule has 3 aromatic rings. The summed E-state index contributed by atoms with van der Waals surface area (Å²) in [4.78, 5) is 22.1. The zero-order chi connectivity index (χ0) is 26.5. The minimum atomic E-state index is -4.70. The summed E-state index contributed by atoms with van der Waals surface area (Å²) in [7, 11) is -4.33. The number of halogens is 4. The van der Waals surface area contributed by atoms with Crippen LogP contribution < -0.4 is 14.9 Å². The SMILES string of the molecule is O=C(NCCN(c1cccc(C(F)(F)F)c1)S(=O)(=O)c1ccc(Cl)cc1)Nc1ccc([N+](=O)[O-])cc1. The number of benzene rings is 3. The number of amides is 2. The molecule has 0 atom stereocenters. The molecule has 2 N–H and O–H groups in total. The molecule has 3 rings (SSSR count). The summed E-state index contributed by atoms with van der Waals surface area (Å²) in [6, 6.07) is 13.1. The summed E-state index contributed by atoms with van der Waals surface area (Å²) in [6.45, 7) is -0.679. The average Bonchev–Trinajstić information content (AvgIpc) is 2.82. The van der Waals surface area contributed by atoms with Crippen molar-refractivity contribution in [3.05, 3.63) is 93.5 Å². The van der Waals surface area contributed by atoms with Gasteiger partial charge < -0.3 is 10.6 Å².